The van der Waals surface area contributed by atoms with Gasteiger partial charge in [0.25, 0.3) is 0 Å². The van der Waals surface area contributed by atoms with Gasteiger partial charge in [-0.25, -0.2) is 13.6 Å². The number of aliphatic imine (C=N–C) groups is 1. The first-order valence-corrected chi connectivity index (χ1v) is 8.17. The molecule has 0 aromatic heterocycles. The van der Waals surface area contributed by atoms with Gasteiger partial charge in [0, 0.05) is 19.6 Å². The molecular weight excluding hydrogens is 252 g/mol. The molecule has 0 fully saturated rings. The zero-order valence-electron chi connectivity index (χ0n) is 11.6. The van der Waals surface area contributed by atoms with Crippen molar-refractivity contribution in [2.24, 2.45) is 16.0 Å². The van der Waals surface area contributed by atoms with E-state index in [1.54, 1.807) is 0 Å². The van der Waals surface area contributed by atoms with Crippen molar-refractivity contribution in [2.75, 3.05) is 25.4 Å². The number of primary sulfonamides is 1. The van der Waals surface area contributed by atoms with E-state index in [9.17, 15) is 8.42 Å². The second kappa shape index (κ2) is 9.16. The quantitative estimate of drug-likeness (QED) is 0.438. The minimum atomic E-state index is -3.42. The van der Waals surface area contributed by atoms with Crippen LogP contribution in [-0.4, -0.2) is 39.8 Å². The largest absolute Gasteiger partial charge is 0.357 e. The van der Waals surface area contributed by atoms with Gasteiger partial charge in [0.1, 0.15) is 0 Å². The van der Waals surface area contributed by atoms with Gasteiger partial charge in [-0.15, -0.1) is 0 Å². The molecule has 0 saturated carbocycles. The Bertz CT molecular complexity index is 337. The third kappa shape index (κ3) is 9.23. The van der Waals surface area contributed by atoms with Crippen molar-refractivity contribution >= 4 is 16.0 Å². The Balaban J connectivity index is 4.24. The van der Waals surface area contributed by atoms with E-state index in [4.69, 9.17) is 5.14 Å². The van der Waals surface area contributed by atoms with Crippen LogP contribution in [-0.2, 0) is 10.0 Å². The van der Waals surface area contributed by atoms with E-state index >= 15 is 0 Å². The topological polar surface area (TPSA) is 96.6 Å². The fraction of sp³-hybridized carbons (Fsp3) is 0.909. The molecule has 0 aromatic carbocycles. The van der Waals surface area contributed by atoms with Crippen molar-refractivity contribution in [3.05, 3.63) is 0 Å². The number of hydrogen-bond acceptors (Lipinski definition) is 3. The lowest BCUT2D eigenvalue weighted by molar-refractivity contribution is 0.504. The summed E-state index contributed by atoms with van der Waals surface area (Å²) in [5, 5.41) is 11.0. The summed E-state index contributed by atoms with van der Waals surface area (Å²) < 4.78 is 21.6. The third-order valence-electron chi connectivity index (χ3n) is 2.69. The van der Waals surface area contributed by atoms with E-state index in [2.05, 4.69) is 29.5 Å². The Morgan fingerprint density at radius 1 is 1.22 bits per heavy atom. The van der Waals surface area contributed by atoms with Crippen molar-refractivity contribution in [3.8, 4) is 0 Å². The van der Waals surface area contributed by atoms with Gasteiger partial charge in [-0.1, -0.05) is 26.7 Å². The number of nitrogens with two attached hydrogens (primary N) is 1. The van der Waals surface area contributed by atoms with E-state index in [1.807, 2.05) is 6.92 Å². The molecule has 4 N–H and O–H groups in total. The Hall–Kier alpha value is -0.820. The van der Waals surface area contributed by atoms with Crippen molar-refractivity contribution in [3.63, 3.8) is 0 Å². The summed E-state index contributed by atoms with van der Waals surface area (Å²) in [6, 6.07) is 0. The normalized spacial score (nSPS) is 12.8. The molecule has 0 heterocycles. The second-order valence-corrected chi connectivity index (χ2v) is 5.93. The van der Waals surface area contributed by atoms with Crippen LogP contribution >= 0.6 is 0 Å². The van der Waals surface area contributed by atoms with Crippen LogP contribution in [0.3, 0.4) is 0 Å². The van der Waals surface area contributed by atoms with Crippen LogP contribution in [0.25, 0.3) is 0 Å². The highest BCUT2D eigenvalue weighted by Gasteiger charge is 2.05. The lowest BCUT2D eigenvalue weighted by Gasteiger charge is -2.13. The predicted octanol–water partition coefficient (Wildman–Crippen LogP) is 0.266. The van der Waals surface area contributed by atoms with Gasteiger partial charge < -0.3 is 10.6 Å². The molecule has 0 bridgehead atoms. The van der Waals surface area contributed by atoms with Gasteiger partial charge in [-0.2, -0.15) is 0 Å². The van der Waals surface area contributed by atoms with Crippen LogP contribution in [0.1, 0.15) is 33.6 Å². The van der Waals surface area contributed by atoms with Crippen LogP contribution in [0.5, 0.6) is 0 Å². The average Bonchev–Trinajstić information content (AvgIpc) is 2.28. The highest BCUT2D eigenvalue weighted by Crippen LogP contribution is 2.06. The van der Waals surface area contributed by atoms with Gasteiger partial charge in [0.05, 0.1) is 5.75 Å². The van der Waals surface area contributed by atoms with Crippen LogP contribution in [0, 0.1) is 5.92 Å². The van der Waals surface area contributed by atoms with Gasteiger partial charge in [0.2, 0.25) is 10.0 Å². The maximum absolute atomic E-state index is 10.8. The maximum atomic E-state index is 10.8. The molecule has 0 unspecified atom stereocenters. The predicted molar refractivity (Wildman–Crippen MR) is 76.0 cm³/mol. The van der Waals surface area contributed by atoms with E-state index in [0.29, 0.717) is 11.9 Å². The summed E-state index contributed by atoms with van der Waals surface area (Å²) >= 11 is 0. The molecule has 0 aliphatic carbocycles. The van der Waals surface area contributed by atoms with Crippen molar-refractivity contribution < 1.29 is 8.42 Å². The highest BCUT2D eigenvalue weighted by atomic mass is 32.2. The molecule has 0 rings (SSSR count). The summed E-state index contributed by atoms with van der Waals surface area (Å²) in [4.78, 5) is 4.43. The zero-order valence-corrected chi connectivity index (χ0v) is 12.4. The Labute approximate surface area is 110 Å². The second-order valence-electron chi connectivity index (χ2n) is 4.20. The average molecular weight is 278 g/mol. The number of hydrogen-bond donors (Lipinski definition) is 3. The van der Waals surface area contributed by atoms with Crippen LogP contribution in [0.2, 0.25) is 0 Å². The molecule has 0 aliphatic rings. The maximum Gasteiger partial charge on any atom is 0.210 e. The van der Waals surface area contributed by atoms with Gasteiger partial charge in [-0.05, 0) is 12.8 Å². The molecule has 0 spiro atoms. The molecule has 18 heavy (non-hydrogen) atoms. The smallest absolute Gasteiger partial charge is 0.210 e. The Morgan fingerprint density at radius 2 is 1.83 bits per heavy atom. The summed E-state index contributed by atoms with van der Waals surface area (Å²) in [6.45, 7) is 8.01. The van der Waals surface area contributed by atoms with Crippen LogP contribution in [0.4, 0.5) is 0 Å². The highest BCUT2D eigenvalue weighted by molar-refractivity contribution is 7.89. The fourth-order valence-electron chi connectivity index (χ4n) is 1.42. The molecular formula is C11H26N4O2S. The van der Waals surface area contributed by atoms with E-state index < -0.39 is 10.0 Å². The minimum absolute atomic E-state index is 0.0948. The first kappa shape index (κ1) is 17.2. The standard InChI is InChI=1S/C11H26N4O2S/c1-4-10(5-2)9-15-11(13-6-3)14-7-8-18(12,16)17/h10H,4-9H2,1-3H3,(H2,12,16,17)(H2,13,14,15). The van der Waals surface area contributed by atoms with E-state index in [0.717, 1.165) is 25.9 Å². The molecule has 0 aliphatic heterocycles. The van der Waals surface area contributed by atoms with Gasteiger partial charge >= 0.3 is 0 Å². The SMILES string of the molecule is CCNC(=NCC(CC)CC)NCCS(N)(=O)=O. The molecule has 6 nitrogen and oxygen atoms in total. The van der Waals surface area contributed by atoms with E-state index in [-0.39, 0.29) is 12.3 Å². The first-order chi connectivity index (χ1) is 8.42. The lowest BCUT2D eigenvalue weighted by atomic mass is 10.0. The van der Waals surface area contributed by atoms with Crippen molar-refractivity contribution in [1.29, 1.82) is 0 Å². The Morgan fingerprint density at radius 3 is 2.28 bits per heavy atom. The number of guanidine groups is 1. The molecule has 0 atom stereocenters. The summed E-state index contributed by atoms with van der Waals surface area (Å²) in [7, 11) is -3.42. The number of nitrogens with zero attached hydrogens (tertiary/aromatic N) is 1. The summed E-state index contributed by atoms with van der Waals surface area (Å²) in [5.41, 5.74) is 0. The lowest BCUT2D eigenvalue weighted by Crippen LogP contribution is -2.40. The van der Waals surface area contributed by atoms with Crippen LogP contribution < -0.4 is 15.8 Å². The number of rotatable bonds is 8. The molecule has 0 saturated heterocycles. The molecule has 0 aromatic rings. The Kier molecular flexibility index (Phi) is 8.74. The monoisotopic (exact) mass is 278 g/mol. The third-order valence-corrected chi connectivity index (χ3v) is 3.46. The molecule has 0 amide bonds. The molecule has 108 valence electrons. The zero-order chi connectivity index (χ0) is 14.0. The van der Waals surface area contributed by atoms with Gasteiger partial charge in [0.15, 0.2) is 5.96 Å². The van der Waals surface area contributed by atoms with E-state index in [1.165, 1.54) is 0 Å². The van der Waals surface area contributed by atoms with Crippen molar-refractivity contribution in [1.82, 2.24) is 10.6 Å². The van der Waals surface area contributed by atoms with Crippen molar-refractivity contribution in [2.45, 2.75) is 33.6 Å². The summed E-state index contributed by atoms with van der Waals surface area (Å²) in [6.07, 6.45) is 2.19. The first-order valence-electron chi connectivity index (χ1n) is 6.45. The molecule has 0 radical (unpaired) electrons. The van der Waals surface area contributed by atoms with Crippen LogP contribution in [0.15, 0.2) is 4.99 Å². The van der Waals surface area contributed by atoms with Gasteiger partial charge in [-0.3, -0.25) is 4.99 Å². The number of nitrogens with one attached hydrogen (secondary N) is 2. The minimum Gasteiger partial charge on any atom is -0.357 e. The molecule has 7 heteroatoms. The number of sulfonamides is 1. The summed E-state index contributed by atoms with van der Waals surface area (Å²) in [5.74, 6) is 1.12. The fourth-order valence-corrected chi connectivity index (χ4v) is 1.81.